The van der Waals surface area contributed by atoms with Crippen molar-refractivity contribution in [2.24, 2.45) is 0 Å². The molecule has 1 aromatic rings. The van der Waals surface area contributed by atoms with Crippen molar-refractivity contribution in [1.29, 1.82) is 0 Å². The first-order valence-corrected chi connectivity index (χ1v) is 5.75. The van der Waals surface area contributed by atoms with Gasteiger partial charge >= 0.3 is 0 Å². The predicted octanol–water partition coefficient (Wildman–Crippen LogP) is 2.51. The lowest BCUT2D eigenvalue weighted by Gasteiger charge is -2.34. The number of nitrogens with zero attached hydrogens (tertiary/aromatic N) is 1. The van der Waals surface area contributed by atoms with Crippen LogP contribution in [0.25, 0.3) is 0 Å². The van der Waals surface area contributed by atoms with E-state index in [1.165, 1.54) is 16.7 Å². The monoisotopic (exact) mass is 221 g/mol. The molecular weight excluding hydrogens is 198 g/mol. The lowest BCUT2D eigenvalue weighted by atomic mass is 10.0. The Labute approximate surface area is 98.9 Å². The van der Waals surface area contributed by atoms with Crippen LogP contribution in [0, 0.1) is 13.8 Å². The summed E-state index contributed by atoms with van der Waals surface area (Å²) in [5, 5.41) is 9.32. The van der Waals surface area contributed by atoms with Gasteiger partial charge in [-0.1, -0.05) is 23.8 Å². The van der Waals surface area contributed by atoms with E-state index >= 15 is 0 Å². The van der Waals surface area contributed by atoms with Crippen LogP contribution >= 0.6 is 0 Å². The molecule has 0 amide bonds. The van der Waals surface area contributed by atoms with E-state index in [-0.39, 0.29) is 12.1 Å². The van der Waals surface area contributed by atoms with Gasteiger partial charge in [0.1, 0.15) is 0 Å². The van der Waals surface area contributed by atoms with Crippen LogP contribution in [0.5, 0.6) is 0 Å². The zero-order chi connectivity index (χ0) is 12.3. The maximum absolute atomic E-state index is 9.32. The van der Waals surface area contributed by atoms with E-state index in [0.29, 0.717) is 0 Å². The molecule has 0 aromatic heterocycles. The van der Waals surface area contributed by atoms with Crippen molar-refractivity contribution in [1.82, 2.24) is 4.90 Å². The molecule has 2 heteroatoms. The molecule has 0 heterocycles. The molecule has 1 rings (SSSR count). The van der Waals surface area contributed by atoms with Gasteiger partial charge in [0.25, 0.3) is 0 Å². The number of aryl methyl sites for hydroxylation is 2. The van der Waals surface area contributed by atoms with Gasteiger partial charge in [-0.25, -0.2) is 0 Å². The van der Waals surface area contributed by atoms with Gasteiger partial charge < -0.3 is 5.11 Å². The van der Waals surface area contributed by atoms with Crippen molar-refractivity contribution in [3.63, 3.8) is 0 Å². The SMILES string of the molecule is Cc1ccc(C)c(CN(C)C(C)(C)CO)c1. The molecule has 0 saturated carbocycles. The van der Waals surface area contributed by atoms with Crippen molar-refractivity contribution in [3.8, 4) is 0 Å². The number of hydrogen-bond acceptors (Lipinski definition) is 2. The number of hydrogen-bond donors (Lipinski definition) is 1. The summed E-state index contributed by atoms with van der Waals surface area (Å²) in [5.74, 6) is 0. The van der Waals surface area contributed by atoms with Crippen LogP contribution in [0.2, 0.25) is 0 Å². The second-order valence-electron chi connectivity index (χ2n) is 5.26. The number of rotatable bonds is 4. The average molecular weight is 221 g/mol. The van der Waals surface area contributed by atoms with Crippen molar-refractivity contribution >= 4 is 0 Å². The highest BCUT2D eigenvalue weighted by Crippen LogP contribution is 2.18. The van der Waals surface area contributed by atoms with Crippen LogP contribution in [0.3, 0.4) is 0 Å². The third kappa shape index (κ3) is 3.06. The third-order valence-electron chi connectivity index (χ3n) is 3.33. The Hall–Kier alpha value is -0.860. The Morgan fingerprint density at radius 1 is 1.25 bits per heavy atom. The van der Waals surface area contributed by atoms with Crippen molar-refractivity contribution in [2.75, 3.05) is 13.7 Å². The van der Waals surface area contributed by atoms with Crippen LogP contribution in [0.15, 0.2) is 18.2 Å². The summed E-state index contributed by atoms with van der Waals surface area (Å²) in [5.41, 5.74) is 3.77. The lowest BCUT2D eigenvalue weighted by Crippen LogP contribution is -2.43. The quantitative estimate of drug-likeness (QED) is 0.844. The fraction of sp³-hybridized carbons (Fsp3) is 0.571. The number of benzene rings is 1. The normalized spacial score (nSPS) is 12.2. The Morgan fingerprint density at radius 2 is 1.88 bits per heavy atom. The molecule has 2 nitrogen and oxygen atoms in total. The molecule has 0 unspecified atom stereocenters. The fourth-order valence-corrected chi connectivity index (χ4v) is 1.56. The van der Waals surface area contributed by atoms with E-state index in [1.807, 2.05) is 0 Å². The molecule has 90 valence electrons. The van der Waals surface area contributed by atoms with Crippen LogP contribution in [0.4, 0.5) is 0 Å². The molecule has 1 aromatic carbocycles. The van der Waals surface area contributed by atoms with E-state index in [0.717, 1.165) is 6.54 Å². The molecule has 0 saturated heterocycles. The van der Waals surface area contributed by atoms with Crippen LogP contribution in [-0.4, -0.2) is 29.2 Å². The van der Waals surface area contributed by atoms with E-state index < -0.39 is 0 Å². The summed E-state index contributed by atoms with van der Waals surface area (Å²) in [6, 6.07) is 6.51. The topological polar surface area (TPSA) is 23.5 Å². The molecule has 0 aliphatic heterocycles. The van der Waals surface area contributed by atoms with E-state index in [4.69, 9.17) is 0 Å². The number of likely N-dealkylation sites (N-methyl/N-ethyl adjacent to an activating group) is 1. The van der Waals surface area contributed by atoms with E-state index in [9.17, 15) is 5.11 Å². The van der Waals surface area contributed by atoms with Crippen molar-refractivity contribution < 1.29 is 5.11 Å². The molecule has 0 radical (unpaired) electrons. The maximum atomic E-state index is 9.32. The summed E-state index contributed by atoms with van der Waals surface area (Å²) >= 11 is 0. The first kappa shape index (κ1) is 13.2. The Bertz CT molecular complexity index is 358. The van der Waals surface area contributed by atoms with Gasteiger partial charge in [0.2, 0.25) is 0 Å². The third-order valence-corrected chi connectivity index (χ3v) is 3.33. The maximum Gasteiger partial charge on any atom is 0.0610 e. The minimum atomic E-state index is -0.170. The molecule has 0 atom stereocenters. The Kier molecular flexibility index (Phi) is 4.11. The van der Waals surface area contributed by atoms with E-state index in [2.05, 4.69) is 57.8 Å². The molecule has 0 aliphatic rings. The van der Waals surface area contributed by atoms with Gasteiger partial charge in [-0.05, 0) is 45.9 Å². The predicted molar refractivity (Wildman–Crippen MR) is 68.5 cm³/mol. The number of aliphatic hydroxyl groups is 1. The lowest BCUT2D eigenvalue weighted by molar-refractivity contribution is 0.0732. The molecule has 1 N–H and O–H groups in total. The summed E-state index contributed by atoms with van der Waals surface area (Å²) in [7, 11) is 2.05. The van der Waals surface area contributed by atoms with Gasteiger partial charge in [-0.3, -0.25) is 4.90 Å². The largest absolute Gasteiger partial charge is 0.394 e. The zero-order valence-electron chi connectivity index (χ0n) is 11.0. The minimum absolute atomic E-state index is 0.170. The van der Waals surface area contributed by atoms with Crippen LogP contribution in [-0.2, 0) is 6.54 Å². The van der Waals surface area contributed by atoms with Crippen LogP contribution < -0.4 is 0 Å². The summed E-state index contributed by atoms with van der Waals surface area (Å²) in [6.07, 6.45) is 0. The van der Waals surface area contributed by atoms with Crippen molar-refractivity contribution in [2.45, 2.75) is 39.8 Å². The van der Waals surface area contributed by atoms with Crippen LogP contribution in [0.1, 0.15) is 30.5 Å². The first-order chi connectivity index (χ1) is 7.36. The molecule has 0 fully saturated rings. The molecule has 0 spiro atoms. The Balaban J connectivity index is 2.84. The van der Waals surface area contributed by atoms with Gasteiger partial charge in [-0.15, -0.1) is 0 Å². The molecule has 0 bridgehead atoms. The molecular formula is C14H23NO. The standard InChI is InChI=1S/C14H23NO/c1-11-6-7-12(2)13(8-11)9-15(5)14(3,4)10-16/h6-8,16H,9-10H2,1-5H3. The highest BCUT2D eigenvalue weighted by molar-refractivity contribution is 5.30. The molecule has 0 aliphatic carbocycles. The highest BCUT2D eigenvalue weighted by Gasteiger charge is 2.22. The summed E-state index contributed by atoms with van der Waals surface area (Å²) in [4.78, 5) is 2.19. The second-order valence-corrected chi connectivity index (χ2v) is 5.26. The van der Waals surface area contributed by atoms with E-state index in [1.54, 1.807) is 0 Å². The first-order valence-electron chi connectivity index (χ1n) is 5.75. The number of aliphatic hydroxyl groups excluding tert-OH is 1. The van der Waals surface area contributed by atoms with Gasteiger partial charge in [0.15, 0.2) is 0 Å². The summed E-state index contributed by atoms with van der Waals surface area (Å²) < 4.78 is 0. The van der Waals surface area contributed by atoms with Crippen molar-refractivity contribution in [3.05, 3.63) is 34.9 Å². The second kappa shape index (κ2) is 4.98. The van der Waals surface area contributed by atoms with Gasteiger partial charge in [0.05, 0.1) is 6.61 Å². The summed E-state index contributed by atoms with van der Waals surface area (Å²) in [6.45, 7) is 9.40. The Morgan fingerprint density at radius 3 is 2.44 bits per heavy atom. The van der Waals surface area contributed by atoms with Gasteiger partial charge in [0, 0.05) is 12.1 Å². The highest BCUT2D eigenvalue weighted by atomic mass is 16.3. The smallest absolute Gasteiger partial charge is 0.0610 e. The molecule has 16 heavy (non-hydrogen) atoms. The zero-order valence-corrected chi connectivity index (χ0v) is 11.0. The van der Waals surface area contributed by atoms with Gasteiger partial charge in [-0.2, -0.15) is 0 Å². The minimum Gasteiger partial charge on any atom is -0.394 e. The fourth-order valence-electron chi connectivity index (χ4n) is 1.56. The average Bonchev–Trinajstić information content (AvgIpc) is 2.23.